The molecule has 0 saturated heterocycles. The van der Waals surface area contributed by atoms with Crippen LogP contribution in [0.3, 0.4) is 0 Å². The van der Waals surface area contributed by atoms with E-state index in [1.807, 2.05) is 0 Å². The van der Waals surface area contributed by atoms with Crippen LogP contribution in [0.1, 0.15) is 6.42 Å². The normalized spacial score (nSPS) is 21.5. The highest BCUT2D eigenvalue weighted by Gasteiger charge is 2.52. The minimum absolute atomic E-state index is 0.113. The van der Waals surface area contributed by atoms with Gasteiger partial charge < -0.3 is 5.84 Å². The molecule has 1 aliphatic rings. The summed E-state index contributed by atoms with van der Waals surface area (Å²) in [6, 6.07) is 0. The topological polar surface area (TPSA) is 82.9 Å². The number of halogens is 2. The average molecular weight is 297 g/mol. The molecule has 1 atom stereocenters. The van der Waals surface area contributed by atoms with Crippen molar-refractivity contribution in [3.63, 3.8) is 0 Å². The van der Waals surface area contributed by atoms with Gasteiger partial charge >= 0.3 is 11.4 Å². The smallest absolute Gasteiger partial charge is 0.333 e. The average Bonchev–Trinajstić information content (AvgIpc) is 2.86. The Bertz CT molecular complexity index is 568. The van der Waals surface area contributed by atoms with Crippen LogP contribution in [0.4, 0.5) is 0 Å². The summed E-state index contributed by atoms with van der Waals surface area (Å²) in [6.45, 7) is 0.142. The second-order valence-corrected chi connectivity index (χ2v) is 6.12. The molecule has 9 heteroatoms. The number of nitrogens with two attached hydrogens (primary N) is 1. The second-order valence-electron chi connectivity index (χ2n) is 3.81. The molecule has 0 spiro atoms. The Balaban J connectivity index is 2.39. The number of nitrogens with zero attached hydrogens (tertiary/aromatic N) is 3. The van der Waals surface area contributed by atoms with Gasteiger partial charge in [0.25, 0.3) is 0 Å². The van der Waals surface area contributed by atoms with E-state index in [4.69, 9.17) is 29.0 Å². The van der Waals surface area contributed by atoms with Gasteiger partial charge in [0.2, 0.25) is 0 Å². The first-order chi connectivity index (χ1) is 7.86. The van der Waals surface area contributed by atoms with E-state index in [-0.39, 0.29) is 17.6 Å². The summed E-state index contributed by atoms with van der Waals surface area (Å²) >= 11 is 12.8. The molecule has 0 aromatic carbocycles. The summed E-state index contributed by atoms with van der Waals surface area (Å²) in [4.78, 5) is 27.1. The lowest BCUT2D eigenvalue weighted by Crippen LogP contribution is -2.45. The van der Waals surface area contributed by atoms with Crippen LogP contribution in [-0.2, 0) is 6.54 Å². The zero-order valence-electron chi connectivity index (χ0n) is 8.89. The quantitative estimate of drug-likeness (QED) is 0.484. The van der Waals surface area contributed by atoms with Crippen LogP contribution in [0.5, 0.6) is 0 Å². The molecule has 1 aliphatic carbocycles. The predicted molar refractivity (Wildman–Crippen MR) is 67.2 cm³/mol. The predicted octanol–water partition coefficient (Wildman–Crippen LogP) is 0.0345. The fourth-order valence-corrected chi connectivity index (χ4v) is 2.43. The second kappa shape index (κ2) is 4.22. The monoisotopic (exact) mass is 296 g/mol. The SMILES string of the molecule is CSc1nc(=O)n(CC2CC2(Cl)Cl)c(=O)n1N. The highest BCUT2D eigenvalue weighted by molar-refractivity contribution is 7.98. The van der Waals surface area contributed by atoms with Gasteiger partial charge in [0, 0.05) is 12.5 Å². The van der Waals surface area contributed by atoms with Gasteiger partial charge in [-0.2, -0.15) is 9.66 Å². The molecule has 1 aromatic rings. The summed E-state index contributed by atoms with van der Waals surface area (Å²) in [6.07, 6.45) is 2.23. The zero-order chi connectivity index (χ0) is 12.8. The minimum atomic E-state index is -0.844. The molecule has 1 aromatic heterocycles. The molecule has 6 nitrogen and oxygen atoms in total. The molecule has 1 fully saturated rings. The molecular weight excluding hydrogens is 287 g/mol. The Morgan fingerprint density at radius 2 is 2.18 bits per heavy atom. The highest BCUT2D eigenvalue weighted by Crippen LogP contribution is 2.53. The molecule has 94 valence electrons. The lowest BCUT2D eigenvalue weighted by molar-refractivity contribution is 0.509. The van der Waals surface area contributed by atoms with Gasteiger partial charge in [-0.3, -0.25) is 0 Å². The summed E-state index contributed by atoms with van der Waals surface area (Å²) < 4.78 is 0.957. The van der Waals surface area contributed by atoms with Crippen molar-refractivity contribution in [2.45, 2.75) is 22.5 Å². The summed E-state index contributed by atoms with van der Waals surface area (Å²) in [5.41, 5.74) is -1.23. The van der Waals surface area contributed by atoms with Crippen molar-refractivity contribution in [3.8, 4) is 0 Å². The van der Waals surface area contributed by atoms with E-state index in [1.54, 1.807) is 6.26 Å². The van der Waals surface area contributed by atoms with Crippen molar-refractivity contribution in [1.82, 2.24) is 14.2 Å². The Hall–Kier alpha value is -0.660. The lowest BCUT2D eigenvalue weighted by atomic mass is 10.4. The molecule has 2 N–H and O–H groups in total. The van der Waals surface area contributed by atoms with E-state index in [1.165, 1.54) is 0 Å². The Morgan fingerprint density at radius 3 is 2.65 bits per heavy atom. The van der Waals surface area contributed by atoms with E-state index in [2.05, 4.69) is 4.98 Å². The van der Waals surface area contributed by atoms with Crippen molar-refractivity contribution in [2.24, 2.45) is 5.92 Å². The maximum atomic E-state index is 11.8. The van der Waals surface area contributed by atoms with E-state index in [0.717, 1.165) is 21.0 Å². The number of alkyl halides is 2. The third-order valence-electron chi connectivity index (χ3n) is 2.61. The maximum absolute atomic E-state index is 11.8. The number of nitrogen functional groups attached to an aromatic ring is 1. The van der Waals surface area contributed by atoms with Crippen LogP contribution < -0.4 is 17.2 Å². The molecule has 0 amide bonds. The van der Waals surface area contributed by atoms with Crippen molar-refractivity contribution in [3.05, 3.63) is 21.0 Å². The van der Waals surface area contributed by atoms with Gasteiger partial charge in [-0.15, -0.1) is 23.2 Å². The number of hydrogen-bond donors (Lipinski definition) is 1. The first-order valence-corrected chi connectivity index (χ1v) is 6.75. The number of rotatable bonds is 3. The van der Waals surface area contributed by atoms with Crippen LogP contribution in [0.25, 0.3) is 0 Å². The lowest BCUT2D eigenvalue weighted by Gasteiger charge is -2.08. The van der Waals surface area contributed by atoms with Gasteiger partial charge in [-0.1, -0.05) is 11.8 Å². The van der Waals surface area contributed by atoms with E-state index in [9.17, 15) is 9.59 Å². The van der Waals surface area contributed by atoms with Crippen molar-refractivity contribution >= 4 is 35.0 Å². The van der Waals surface area contributed by atoms with Gasteiger partial charge in [-0.05, 0) is 12.7 Å². The van der Waals surface area contributed by atoms with Crippen LogP contribution in [-0.4, -0.2) is 24.8 Å². The fraction of sp³-hybridized carbons (Fsp3) is 0.625. The standard InChI is InChI=1S/C8H10Cl2N4O2S/c1-17-6-12-5(15)13(7(16)14(6)11)3-4-2-8(4,9)10/h4H,2-3,11H2,1H3. The van der Waals surface area contributed by atoms with Crippen molar-refractivity contribution in [2.75, 3.05) is 12.1 Å². The fourth-order valence-electron chi connectivity index (χ4n) is 1.48. The summed E-state index contributed by atoms with van der Waals surface area (Å²) in [5.74, 6) is 5.41. The molecular formula is C8H10Cl2N4O2S. The van der Waals surface area contributed by atoms with Gasteiger partial charge in [0.15, 0.2) is 5.16 Å². The summed E-state index contributed by atoms with van der Waals surface area (Å²) in [5, 5.41) is 0.176. The Kier molecular flexibility index (Phi) is 3.17. The first-order valence-electron chi connectivity index (χ1n) is 4.77. The van der Waals surface area contributed by atoms with Crippen molar-refractivity contribution in [1.29, 1.82) is 0 Å². The number of aromatic nitrogens is 3. The maximum Gasteiger partial charge on any atom is 0.354 e. The molecule has 1 unspecified atom stereocenters. The third kappa shape index (κ3) is 2.31. The van der Waals surface area contributed by atoms with Crippen LogP contribution in [0, 0.1) is 5.92 Å². The van der Waals surface area contributed by atoms with Crippen LogP contribution in [0.2, 0.25) is 0 Å². The Morgan fingerprint density at radius 1 is 1.59 bits per heavy atom. The third-order valence-corrected chi connectivity index (χ3v) is 4.19. The minimum Gasteiger partial charge on any atom is -0.333 e. The Labute approximate surface area is 111 Å². The molecule has 1 saturated carbocycles. The van der Waals surface area contributed by atoms with E-state index >= 15 is 0 Å². The number of hydrogen-bond acceptors (Lipinski definition) is 5. The molecule has 17 heavy (non-hydrogen) atoms. The highest BCUT2D eigenvalue weighted by atomic mass is 35.5. The molecule has 0 bridgehead atoms. The van der Waals surface area contributed by atoms with Gasteiger partial charge in [-0.25, -0.2) is 14.2 Å². The largest absolute Gasteiger partial charge is 0.354 e. The zero-order valence-corrected chi connectivity index (χ0v) is 11.2. The van der Waals surface area contributed by atoms with E-state index < -0.39 is 15.7 Å². The summed E-state index contributed by atoms with van der Waals surface area (Å²) in [7, 11) is 0. The molecule has 1 heterocycles. The van der Waals surface area contributed by atoms with Crippen LogP contribution >= 0.6 is 35.0 Å². The van der Waals surface area contributed by atoms with Gasteiger partial charge in [0.05, 0.1) is 0 Å². The van der Waals surface area contributed by atoms with Crippen molar-refractivity contribution < 1.29 is 0 Å². The molecule has 0 radical (unpaired) electrons. The van der Waals surface area contributed by atoms with E-state index in [0.29, 0.717) is 6.42 Å². The first kappa shape index (κ1) is 12.8. The number of thioether (sulfide) groups is 1. The van der Waals surface area contributed by atoms with Crippen LogP contribution in [0.15, 0.2) is 14.7 Å². The molecule has 2 rings (SSSR count). The molecule has 0 aliphatic heterocycles. The van der Waals surface area contributed by atoms with Gasteiger partial charge in [0.1, 0.15) is 4.33 Å².